The molecule has 4 nitrogen and oxygen atoms in total. The lowest BCUT2D eigenvalue weighted by Gasteiger charge is -2.34. The standard InChI is InChI=1S/C19H22Cl2N2O2S/c20-17-13-18(21)15-19(14-17)26(24,25)23-11-9-22(10-12-23)8-4-7-16-5-2-1-3-6-16/h1-3,5-6,13-15H,4,7-12H2. The Morgan fingerprint density at radius 2 is 1.50 bits per heavy atom. The van der Waals surface area contributed by atoms with E-state index in [0.717, 1.165) is 32.5 Å². The average Bonchev–Trinajstić information content (AvgIpc) is 2.62. The molecule has 1 heterocycles. The molecule has 7 heteroatoms. The van der Waals surface area contributed by atoms with Crippen molar-refractivity contribution in [2.24, 2.45) is 0 Å². The van der Waals surface area contributed by atoms with E-state index in [9.17, 15) is 8.42 Å². The Kier molecular flexibility index (Phi) is 6.59. The third kappa shape index (κ3) is 4.99. The van der Waals surface area contributed by atoms with Crippen LogP contribution in [0.15, 0.2) is 53.4 Å². The van der Waals surface area contributed by atoms with Crippen molar-refractivity contribution in [2.75, 3.05) is 32.7 Å². The minimum Gasteiger partial charge on any atom is -0.301 e. The Morgan fingerprint density at radius 1 is 0.885 bits per heavy atom. The fourth-order valence-electron chi connectivity index (χ4n) is 3.17. The Hall–Kier alpha value is -1.11. The summed E-state index contributed by atoms with van der Waals surface area (Å²) in [5.74, 6) is 0. The average molecular weight is 413 g/mol. The van der Waals surface area contributed by atoms with Gasteiger partial charge in [-0.25, -0.2) is 8.42 Å². The summed E-state index contributed by atoms with van der Waals surface area (Å²) in [6, 6.07) is 14.9. The van der Waals surface area contributed by atoms with Crippen LogP contribution in [-0.4, -0.2) is 50.3 Å². The molecule has 0 unspecified atom stereocenters. The molecule has 1 saturated heterocycles. The molecule has 1 aliphatic rings. The van der Waals surface area contributed by atoms with Crippen molar-refractivity contribution in [1.82, 2.24) is 9.21 Å². The maximum Gasteiger partial charge on any atom is 0.243 e. The van der Waals surface area contributed by atoms with Gasteiger partial charge in [0.1, 0.15) is 0 Å². The van der Waals surface area contributed by atoms with E-state index in [1.54, 1.807) is 0 Å². The van der Waals surface area contributed by atoms with E-state index in [-0.39, 0.29) is 4.90 Å². The van der Waals surface area contributed by atoms with E-state index < -0.39 is 10.0 Å². The molecule has 0 bridgehead atoms. The summed E-state index contributed by atoms with van der Waals surface area (Å²) in [6.45, 7) is 3.42. The van der Waals surface area contributed by atoms with Gasteiger partial charge in [-0.1, -0.05) is 53.5 Å². The molecule has 0 N–H and O–H groups in total. The zero-order valence-corrected chi connectivity index (χ0v) is 16.8. The van der Waals surface area contributed by atoms with Gasteiger partial charge in [0, 0.05) is 36.2 Å². The molecule has 0 radical (unpaired) electrons. The third-order valence-electron chi connectivity index (χ3n) is 4.59. The van der Waals surface area contributed by atoms with Crippen LogP contribution in [0.25, 0.3) is 0 Å². The predicted molar refractivity (Wildman–Crippen MR) is 106 cm³/mol. The van der Waals surface area contributed by atoms with Crippen LogP contribution in [0.4, 0.5) is 0 Å². The topological polar surface area (TPSA) is 40.6 Å². The summed E-state index contributed by atoms with van der Waals surface area (Å²) < 4.78 is 27.1. The number of piperazine rings is 1. The van der Waals surface area contributed by atoms with Gasteiger partial charge in [-0.2, -0.15) is 4.31 Å². The molecule has 0 spiro atoms. The first-order valence-corrected chi connectivity index (χ1v) is 10.9. The molecular weight excluding hydrogens is 391 g/mol. The number of nitrogens with zero attached hydrogens (tertiary/aromatic N) is 2. The number of benzene rings is 2. The number of hydrogen-bond donors (Lipinski definition) is 0. The molecule has 1 aliphatic heterocycles. The van der Waals surface area contributed by atoms with Gasteiger partial charge in [0.2, 0.25) is 10.0 Å². The zero-order chi connectivity index (χ0) is 18.6. The maximum absolute atomic E-state index is 12.8. The number of aryl methyl sites for hydroxylation is 1. The molecular formula is C19H22Cl2N2O2S. The van der Waals surface area contributed by atoms with Gasteiger partial charge in [0.15, 0.2) is 0 Å². The van der Waals surface area contributed by atoms with Crippen molar-refractivity contribution in [2.45, 2.75) is 17.7 Å². The van der Waals surface area contributed by atoms with Crippen LogP contribution in [0.2, 0.25) is 10.0 Å². The summed E-state index contributed by atoms with van der Waals surface area (Å²) >= 11 is 11.9. The SMILES string of the molecule is O=S(=O)(c1cc(Cl)cc(Cl)c1)N1CCN(CCCc2ccccc2)CC1. The molecule has 0 amide bonds. The number of halogens is 2. The first-order valence-electron chi connectivity index (χ1n) is 8.68. The van der Waals surface area contributed by atoms with Crippen LogP contribution in [0.5, 0.6) is 0 Å². The summed E-state index contributed by atoms with van der Waals surface area (Å²) in [6.07, 6.45) is 2.11. The Balaban J connectivity index is 1.52. The van der Waals surface area contributed by atoms with Crippen molar-refractivity contribution in [3.05, 3.63) is 64.1 Å². The summed E-state index contributed by atoms with van der Waals surface area (Å²) in [5, 5.41) is 0.659. The van der Waals surface area contributed by atoms with E-state index >= 15 is 0 Å². The highest BCUT2D eigenvalue weighted by Gasteiger charge is 2.28. The highest BCUT2D eigenvalue weighted by molar-refractivity contribution is 7.89. The molecule has 0 aromatic heterocycles. The lowest BCUT2D eigenvalue weighted by atomic mass is 10.1. The predicted octanol–water partition coefficient (Wildman–Crippen LogP) is 3.93. The lowest BCUT2D eigenvalue weighted by Crippen LogP contribution is -2.48. The van der Waals surface area contributed by atoms with E-state index in [1.165, 1.54) is 28.1 Å². The monoisotopic (exact) mass is 412 g/mol. The van der Waals surface area contributed by atoms with Crippen LogP contribution in [0.1, 0.15) is 12.0 Å². The van der Waals surface area contributed by atoms with Crippen LogP contribution in [0.3, 0.4) is 0 Å². The molecule has 0 aliphatic carbocycles. The van der Waals surface area contributed by atoms with Gasteiger partial charge in [0.25, 0.3) is 0 Å². The maximum atomic E-state index is 12.8. The minimum absolute atomic E-state index is 0.160. The van der Waals surface area contributed by atoms with Crippen molar-refractivity contribution in [1.29, 1.82) is 0 Å². The molecule has 1 fully saturated rings. The lowest BCUT2D eigenvalue weighted by molar-refractivity contribution is 0.187. The molecule has 0 atom stereocenters. The van der Waals surface area contributed by atoms with Gasteiger partial charge >= 0.3 is 0 Å². The Morgan fingerprint density at radius 3 is 2.12 bits per heavy atom. The van der Waals surface area contributed by atoms with Crippen molar-refractivity contribution < 1.29 is 8.42 Å². The minimum atomic E-state index is -3.56. The first-order chi connectivity index (χ1) is 12.4. The van der Waals surface area contributed by atoms with E-state index in [4.69, 9.17) is 23.2 Å². The molecule has 2 aromatic rings. The van der Waals surface area contributed by atoms with Crippen LogP contribution < -0.4 is 0 Å². The van der Waals surface area contributed by atoms with Crippen LogP contribution in [-0.2, 0) is 16.4 Å². The fourth-order valence-corrected chi connectivity index (χ4v) is 5.32. The third-order valence-corrected chi connectivity index (χ3v) is 6.90. The van der Waals surface area contributed by atoms with Crippen molar-refractivity contribution in [3.8, 4) is 0 Å². The van der Waals surface area contributed by atoms with Gasteiger partial charge in [0.05, 0.1) is 4.90 Å². The summed E-state index contributed by atoms with van der Waals surface area (Å²) in [5.41, 5.74) is 1.34. The number of rotatable bonds is 6. The van der Waals surface area contributed by atoms with Gasteiger partial charge in [-0.15, -0.1) is 0 Å². The highest BCUT2D eigenvalue weighted by atomic mass is 35.5. The van der Waals surface area contributed by atoms with Gasteiger partial charge < -0.3 is 4.90 Å². The van der Waals surface area contributed by atoms with Crippen LogP contribution in [0, 0.1) is 0 Å². The van der Waals surface area contributed by atoms with Gasteiger partial charge in [-0.05, 0) is 43.1 Å². The second-order valence-corrected chi connectivity index (χ2v) is 9.25. The molecule has 2 aromatic carbocycles. The summed E-state index contributed by atoms with van der Waals surface area (Å²) in [4.78, 5) is 2.48. The molecule has 140 valence electrons. The molecule has 26 heavy (non-hydrogen) atoms. The Bertz CT molecular complexity index is 816. The normalized spacial score (nSPS) is 16.7. The fraction of sp³-hybridized carbons (Fsp3) is 0.368. The highest BCUT2D eigenvalue weighted by Crippen LogP contribution is 2.25. The smallest absolute Gasteiger partial charge is 0.243 e. The second kappa shape index (κ2) is 8.72. The van der Waals surface area contributed by atoms with Gasteiger partial charge in [-0.3, -0.25) is 0 Å². The molecule has 3 rings (SSSR count). The molecule has 0 saturated carbocycles. The number of sulfonamides is 1. The van der Waals surface area contributed by atoms with Crippen LogP contribution >= 0.6 is 23.2 Å². The first kappa shape index (κ1) is 19.6. The van der Waals surface area contributed by atoms with Crippen molar-refractivity contribution >= 4 is 33.2 Å². The Labute approximate surface area is 165 Å². The van der Waals surface area contributed by atoms with E-state index in [2.05, 4.69) is 29.2 Å². The number of hydrogen-bond acceptors (Lipinski definition) is 3. The quantitative estimate of drug-likeness (QED) is 0.721. The summed E-state index contributed by atoms with van der Waals surface area (Å²) in [7, 11) is -3.56. The zero-order valence-electron chi connectivity index (χ0n) is 14.4. The largest absolute Gasteiger partial charge is 0.301 e. The second-order valence-electron chi connectivity index (χ2n) is 6.44. The van der Waals surface area contributed by atoms with Crippen molar-refractivity contribution in [3.63, 3.8) is 0 Å². The van der Waals surface area contributed by atoms with E-state index in [1.807, 2.05) is 6.07 Å². The van der Waals surface area contributed by atoms with E-state index in [0.29, 0.717) is 23.1 Å².